The number of carbonyl (C=O) groups excluding carboxylic acids is 1. The van der Waals surface area contributed by atoms with Gasteiger partial charge in [-0.25, -0.2) is 19.6 Å². The highest BCUT2D eigenvalue weighted by Crippen LogP contribution is 2.34. The number of aromatic nitrogens is 2. The van der Waals surface area contributed by atoms with Gasteiger partial charge >= 0.3 is 12.0 Å². The van der Waals surface area contributed by atoms with Crippen molar-refractivity contribution >= 4 is 44.4 Å². The molecule has 0 radical (unpaired) electrons. The van der Waals surface area contributed by atoms with E-state index < -0.39 is 5.97 Å². The van der Waals surface area contributed by atoms with E-state index >= 15 is 0 Å². The summed E-state index contributed by atoms with van der Waals surface area (Å²) in [6.07, 6.45) is 6.33. The number of rotatable bonds is 12. The minimum absolute atomic E-state index is 0.164. The molecular weight excluding hydrogens is 600 g/mol. The van der Waals surface area contributed by atoms with Gasteiger partial charge in [0.05, 0.1) is 15.9 Å². The predicted octanol–water partition coefficient (Wildman–Crippen LogP) is 8.23. The summed E-state index contributed by atoms with van der Waals surface area (Å²) < 4.78 is 12.6. The monoisotopic (exact) mass is 636 g/mol. The molecule has 0 aliphatic carbocycles. The third-order valence-corrected chi connectivity index (χ3v) is 8.87. The van der Waals surface area contributed by atoms with Crippen LogP contribution in [0.4, 0.5) is 15.6 Å². The first kappa shape index (κ1) is 31.0. The van der Waals surface area contributed by atoms with Crippen LogP contribution in [0.3, 0.4) is 0 Å². The van der Waals surface area contributed by atoms with E-state index in [0.717, 1.165) is 46.5 Å². The van der Waals surface area contributed by atoms with Crippen molar-refractivity contribution in [3.8, 4) is 22.8 Å². The Labute approximate surface area is 271 Å². The highest BCUT2D eigenvalue weighted by atomic mass is 32.1. The number of carboxylic acids is 1. The SMILES string of the molecule is CCCCCc1ccc(OCCOc2ccc(-c3ccc4c(c3)N(C(=O)Nc3nc5ccccc5s3)CCC4)nc2C(=O)O)cc1. The molecule has 0 bridgehead atoms. The molecule has 0 fully saturated rings. The second-order valence-corrected chi connectivity index (χ2v) is 12.2. The number of urea groups is 1. The fourth-order valence-corrected chi connectivity index (χ4v) is 6.40. The van der Waals surface area contributed by atoms with Crippen molar-refractivity contribution in [1.82, 2.24) is 9.97 Å². The molecule has 2 amide bonds. The van der Waals surface area contributed by atoms with Crippen LogP contribution in [0.15, 0.2) is 78.9 Å². The van der Waals surface area contributed by atoms with Crippen molar-refractivity contribution in [3.63, 3.8) is 0 Å². The van der Waals surface area contributed by atoms with Crippen LogP contribution in [0.25, 0.3) is 21.5 Å². The summed E-state index contributed by atoms with van der Waals surface area (Å²) in [5.74, 6) is -0.280. The molecule has 1 aliphatic heterocycles. The summed E-state index contributed by atoms with van der Waals surface area (Å²) in [6, 6.07) is 24.7. The predicted molar refractivity (Wildman–Crippen MR) is 182 cm³/mol. The van der Waals surface area contributed by atoms with Gasteiger partial charge in [0, 0.05) is 17.8 Å². The van der Waals surface area contributed by atoms with Crippen LogP contribution in [0.5, 0.6) is 11.5 Å². The molecule has 2 N–H and O–H groups in total. The molecule has 236 valence electrons. The zero-order chi connectivity index (χ0) is 31.9. The third kappa shape index (κ3) is 7.29. The number of anilines is 2. The maximum Gasteiger partial charge on any atom is 0.358 e. The highest BCUT2D eigenvalue weighted by Gasteiger charge is 2.25. The number of pyridine rings is 1. The molecule has 1 aliphatic rings. The number of unbranched alkanes of at least 4 members (excludes halogenated alkanes) is 2. The van der Waals surface area contributed by atoms with Gasteiger partial charge in [0.25, 0.3) is 0 Å². The van der Waals surface area contributed by atoms with Crippen LogP contribution < -0.4 is 19.7 Å². The van der Waals surface area contributed by atoms with Gasteiger partial charge in [0.2, 0.25) is 0 Å². The molecule has 0 saturated carbocycles. The number of aryl methyl sites for hydroxylation is 2. The van der Waals surface area contributed by atoms with E-state index in [1.807, 2.05) is 54.6 Å². The van der Waals surface area contributed by atoms with Crippen LogP contribution in [0.2, 0.25) is 0 Å². The molecule has 3 aromatic carbocycles. The second kappa shape index (κ2) is 14.4. The van der Waals surface area contributed by atoms with E-state index in [-0.39, 0.29) is 30.7 Å². The lowest BCUT2D eigenvalue weighted by atomic mass is 9.98. The van der Waals surface area contributed by atoms with Crippen molar-refractivity contribution in [2.45, 2.75) is 45.4 Å². The minimum Gasteiger partial charge on any atom is -0.490 e. The van der Waals surface area contributed by atoms with E-state index in [2.05, 4.69) is 34.3 Å². The molecule has 0 unspecified atom stereocenters. The number of hydrogen-bond donors (Lipinski definition) is 2. The third-order valence-electron chi connectivity index (χ3n) is 7.92. The van der Waals surface area contributed by atoms with E-state index in [9.17, 15) is 14.7 Å². The van der Waals surface area contributed by atoms with Crippen LogP contribution in [0, 0.1) is 0 Å². The van der Waals surface area contributed by atoms with Gasteiger partial charge in [-0.1, -0.05) is 67.5 Å². The molecule has 46 heavy (non-hydrogen) atoms. The molecule has 5 aromatic rings. The first-order valence-corrected chi connectivity index (χ1v) is 16.5. The maximum atomic E-state index is 13.4. The Hall–Kier alpha value is -4.96. The summed E-state index contributed by atoms with van der Waals surface area (Å²) in [4.78, 5) is 36.2. The Morgan fingerprint density at radius 3 is 2.59 bits per heavy atom. The molecular formula is C36H36N4O5S. The lowest BCUT2D eigenvalue weighted by molar-refractivity contribution is 0.0684. The van der Waals surface area contributed by atoms with Gasteiger partial charge in [0.1, 0.15) is 19.0 Å². The van der Waals surface area contributed by atoms with E-state index in [0.29, 0.717) is 22.9 Å². The van der Waals surface area contributed by atoms with E-state index in [4.69, 9.17) is 9.47 Å². The number of nitrogens with one attached hydrogen (secondary N) is 1. The Bertz CT molecular complexity index is 1810. The fraction of sp³-hybridized carbons (Fsp3) is 0.278. The number of benzene rings is 3. The largest absolute Gasteiger partial charge is 0.490 e. The van der Waals surface area contributed by atoms with Gasteiger partial charge in [-0.3, -0.25) is 10.2 Å². The Morgan fingerprint density at radius 2 is 1.78 bits per heavy atom. The zero-order valence-corrected chi connectivity index (χ0v) is 26.5. The molecule has 9 nitrogen and oxygen atoms in total. The summed E-state index contributed by atoms with van der Waals surface area (Å²) >= 11 is 1.43. The lowest BCUT2D eigenvalue weighted by Gasteiger charge is -2.29. The Morgan fingerprint density at radius 1 is 0.957 bits per heavy atom. The van der Waals surface area contributed by atoms with Crippen LogP contribution >= 0.6 is 11.3 Å². The smallest absolute Gasteiger partial charge is 0.358 e. The average molecular weight is 637 g/mol. The number of fused-ring (bicyclic) bond motifs is 2. The van der Waals surface area contributed by atoms with Crippen molar-refractivity contribution in [2.24, 2.45) is 0 Å². The van der Waals surface area contributed by atoms with Gasteiger partial charge in [-0.15, -0.1) is 0 Å². The number of nitrogens with zero attached hydrogens (tertiary/aromatic N) is 3. The van der Waals surface area contributed by atoms with Crippen molar-refractivity contribution in [1.29, 1.82) is 0 Å². The number of amides is 2. The zero-order valence-electron chi connectivity index (χ0n) is 25.7. The first-order chi connectivity index (χ1) is 22.5. The summed E-state index contributed by atoms with van der Waals surface area (Å²) in [5.41, 5.74) is 4.93. The van der Waals surface area contributed by atoms with Crippen LogP contribution in [-0.2, 0) is 12.8 Å². The molecule has 2 aromatic heterocycles. The molecule has 0 atom stereocenters. The normalized spacial score (nSPS) is 12.5. The van der Waals surface area contributed by atoms with E-state index in [1.54, 1.807) is 17.0 Å². The lowest BCUT2D eigenvalue weighted by Crippen LogP contribution is -2.38. The van der Waals surface area contributed by atoms with Crippen molar-refractivity contribution < 1.29 is 24.2 Å². The number of ether oxygens (including phenoxy) is 2. The highest BCUT2D eigenvalue weighted by molar-refractivity contribution is 7.22. The number of thiazole rings is 1. The Kier molecular flexibility index (Phi) is 9.73. The fourth-order valence-electron chi connectivity index (χ4n) is 5.55. The quantitative estimate of drug-likeness (QED) is 0.133. The van der Waals surface area contributed by atoms with Crippen LogP contribution in [0.1, 0.15) is 54.2 Å². The number of para-hydroxylation sites is 1. The standard InChI is InChI=1S/C36H36N4O5S/c1-2-3-4-8-24-12-16-27(17-13-24)44-21-22-45-31-19-18-28(37-33(31)34(41)42)26-15-14-25-9-7-20-40(30(25)23-26)36(43)39-35-38-29-10-5-6-11-32(29)46-35/h5-6,10-19,23H,2-4,7-9,20-22H2,1H3,(H,41,42)(H,38,39,43). The number of aromatic carboxylic acids is 1. The van der Waals surface area contributed by atoms with Gasteiger partial charge < -0.3 is 14.6 Å². The number of hydrogen-bond acceptors (Lipinski definition) is 7. The molecule has 3 heterocycles. The maximum absolute atomic E-state index is 13.4. The van der Waals surface area contributed by atoms with Gasteiger partial charge in [0.15, 0.2) is 16.6 Å². The molecule has 0 saturated heterocycles. The summed E-state index contributed by atoms with van der Waals surface area (Å²) in [7, 11) is 0. The number of carboxylic acid groups (broad SMARTS) is 1. The minimum atomic E-state index is -1.19. The van der Waals surface area contributed by atoms with Crippen molar-refractivity contribution in [3.05, 3.63) is 95.7 Å². The summed E-state index contributed by atoms with van der Waals surface area (Å²) in [5, 5.41) is 13.4. The van der Waals surface area contributed by atoms with Crippen LogP contribution in [-0.4, -0.2) is 46.8 Å². The summed E-state index contributed by atoms with van der Waals surface area (Å²) in [6.45, 7) is 3.17. The topological polar surface area (TPSA) is 114 Å². The average Bonchev–Trinajstić information content (AvgIpc) is 3.49. The van der Waals surface area contributed by atoms with Crippen molar-refractivity contribution in [2.75, 3.05) is 30.0 Å². The first-order valence-electron chi connectivity index (χ1n) is 15.6. The van der Waals surface area contributed by atoms with E-state index in [1.165, 1.54) is 36.2 Å². The molecule has 6 rings (SSSR count). The molecule has 0 spiro atoms. The second-order valence-electron chi connectivity index (χ2n) is 11.2. The molecule has 10 heteroatoms. The Balaban J connectivity index is 1.12. The number of carbonyl (C=O) groups is 2. The van der Waals surface area contributed by atoms with Gasteiger partial charge in [-0.05, 0) is 79.3 Å². The van der Waals surface area contributed by atoms with Gasteiger partial charge in [-0.2, -0.15) is 0 Å².